The Morgan fingerprint density at radius 3 is 2.54 bits per heavy atom. The van der Waals surface area contributed by atoms with Crippen LogP contribution < -0.4 is 10.6 Å². The summed E-state index contributed by atoms with van der Waals surface area (Å²) in [5.74, 6) is -0.682. The van der Waals surface area contributed by atoms with E-state index in [1.54, 1.807) is 6.07 Å². The normalized spacial score (nSPS) is 18.5. The Kier molecular flexibility index (Phi) is 6.72. The second-order valence-electron chi connectivity index (χ2n) is 7.41. The summed E-state index contributed by atoms with van der Waals surface area (Å²) >= 11 is 0. The summed E-state index contributed by atoms with van der Waals surface area (Å²) in [7, 11) is 0. The van der Waals surface area contributed by atoms with Gasteiger partial charge in [0.05, 0.1) is 0 Å². The van der Waals surface area contributed by atoms with Crippen LogP contribution in [0.25, 0.3) is 0 Å². The number of rotatable bonds is 7. The maximum absolute atomic E-state index is 13.3. The first-order valence-electron chi connectivity index (χ1n) is 9.78. The smallest absolute Gasteiger partial charge is 0.354 e. The first-order chi connectivity index (χ1) is 13.3. The molecule has 1 fully saturated rings. The van der Waals surface area contributed by atoms with Gasteiger partial charge in [0.15, 0.2) is 5.78 Å². The molecule has 2 aliphatic rings. The second-order valence-corrected chi connectivity index (χ2v) is 7.41. The Balaban J connectivity index is 1.48. The third-order valence-electron chi connectivity index (χ3n) is 5.46. The third-order valence-corrected chi connectivity index (χ3v) is 5.46. The van der Waals surface area contributed by atoms with Crippen LogP contribution in [0.1, 0.15) is 40.7 Å². The number of alkyl halides is 3. The summed E-state index contributed by atoms with van der Waals surface area (Å²) < 4.78 is 40.0. The largest absolute Gasteiger partial charge is 0.405 e. The highest BCUT2D eigenvalue weighted by Gasteiger charge is 2.43. The average Bonchev–Trinajstić information content (AvgIpc) is 3.14. The van der Waals surface area contributed by atoms with Gasteiger partial charge in [0.2, 0.25) is 5.91 Å². The van der Waals surface area contributed by atoms with E-state index >= 15 is 0 Å². The first-order valence-corrected chi connectivity index (χ1v) is 9.78. The van der Waals surface area contributed by atoms with E-state index in [1.807, 2.05) is 12.1 Å². The molecule has 2 N–H and O–H groups in total. The molecule has 1 unspecified atom stereocenters. The zero-order valence-electron chi connectivity index (χ0n) is 15.8. The molecule has 154 valence electrons. The SMILES string of the molecule is O=C(CCC(=O)c1ccc2c(c1)CCC2)NCC(N1CCNCC1)C(F)(F)F. The lowest BCUT2D eigenvalue weighted by Gasteiger charge is -2.35. The molecule has 1 atom stereocenters. The Labute approximate surface area is 162 Å². The number of benzene rings is 1. The fourth-order valence-corrected chi connectivity index (χ4v) is 3.86. The van der Waals surface area contributed by atoms with Gasteiger partial charge < -0.3 is 10.6 Å². The predicted octanol–water partition coefficient (Wildman–Crippen LogP) is 2.09. The molecule has 0 bridgehead atoms. The number of piperazine rings is 1. The number of hydrogen-bond acceptors (Lipinski definition) is 4. The van der Waals surface area contributed by atoms with Crippen molar-refractivity contribution in [1.29, 1.82) is 0 Å². The number of aryl methyl sites for hydroxylation is 2. The predicted molar refractivity (Wildman–Crippen MR) is 99.3 cm³/mol. The molecule has 0 saturated carbocycles. The molecule has 0 radical (unpaired) electrons. The summed E-state index contributed by atoms with van der Waals surface area (Å²) in [6, 6.07) is 3.91. The summed E-state index contributed by atoms with van der Waals surface area (Å²) in [6.07, 6.45) is -1.45. The molecule has 1 amide bonds. The minimum Gasteiger partial charge on any atom is -0.354 e. The molecule has 3 rings (SSSR count). The van der Waals surface area contributed by atoms with Crippen molar-refractivity contribution in [1.82, 2.24) is 15.5 Å². The quantitative estimate of drug-likeness (QED) is 0.692. The van der Waals surface area contributed by atoms with Gasteiger partial charge in [0, 0.05) is 51.1 Å². The fraction of sp³-hybridized carbons (Fsp3) is 0.600. The van der Waals surface area contributed by atoms with Crippen molar-refractivity contribution in [3.05, 3.63) is 34.9 Å². The molecule has 1 aliphatic heterocycles. The van der Waals surface area contributed by atoms with Crippen LogP contribution in [0.2, 0.25) is 0 Å². The van der Waals surface area contributed by atoms with E-state index < -0.39 is 24.7 Å². The average molecular weight is 397 g/mol. The number of nitrogens with zero attached hydrogens (tertiary/aromatic N) is 1. The first kappa shape index (κ1) is 20.8. The molecule has 1 saturated heterocycles. The van der Waals surface area contributed by atoms with Gasteiger partial charge in [-0.3, -0.25) is 14.5 Å². The number of carbonyl (C=O) groups is 2. The van der Waals surface area contributed by atoms with E-state index in [4.69, 9.17) is 0 Å². The molecule has 1 aliphatic carbocycles. The van der Waals surface area contributed by atoms with Gasteiger partial charge in [0.1, 0.15) is 6.04 Å². The zero-order chi connectivity index (χ0) is 20.1. The molecule has 0 spiro atoms. The van der Waals surface area contributed by atoms with Crippen molar-refractivity contribution in [3.63, 3.8) is 0 Å². The molecular weight excluding hydrogens is 371 g/mol. The highest BCUT2D eigenvalue weighted by molar-refractivity contribution is 5.98. The van der Waals surface area contributed by atoms with Crippen molar-refractivity contribution in [2.45, 2.75) is 44.3 Å². The van der Waals surface area contributed by atoms with Gasteiger partial charge in [-0.15, -0.1) is 0 Å². The Morgan fingerprint density at radius 1 is 1.11 bits per heavy atom. The van der Waals surface area contributed by atoms with E-state index in [2.05, 4.69) is 10.6 Å². The molecular formula is C20H26F3N3O2. The van der Waals surface area contributed by atoms with Gasteiger partial charge >= 0.3 is 6.18 Å². The van der Waals surface area contributed by atoms with Crippen LogP contribution in [0, 0.1) is 0 Å². The van der Waals surface area contributed by atoms with Crippen molar-refractivity contribution >= 4 is 11.7 Å². The monoisotopic (exact) mass is 397 g/mol. The van der Waals surface area contributed by atoms with Crippen LogP contribution in [0.3, 0.4) is 0 Å². The summed E-state index contributed by atoms with van der Waals surface area (Å²) in [5.41, 5.74) is 3.02. The van der Waals surface area contributed by atoms with E-state index in [0.717, 1.165) is 19.3 Å². The lowest BCUT2D eigenvalue weighted by Crippen LogP contribution is -2.57. The summed E-state index contributed by atoms with van der Waals surface area (Å²) in [6.45, 7) is 1.08. The molecule has 1 aromatic rings. The van der Waals surface area contributed by atoms with E-state index in [-0.39, 0.29) is 31.7 Å². The van der Waals surface area contributed by atoms with E-state index in [1.165, 1.54) is 16.0 Å². The van der Waals surface area contributed by atoms with Crippen molar-refractivity contribution in [2.24, 2.45) is 0 Å². The highest BCUT2D eigenvalue weighted by atomic mass is 19.4. The van der Waals surface area contributed by atoms with Crippen LogP contribution in [-0.4, -0.2) is 61.5 Å². The lowest BCUT2D eigenvalue weighted by molar-refractivity contribution is -0.184. The minimum atomic E-state index is -4.41. The maximum Gasteiger partial charge on any atom is 0.405 e. The zero-order valence-corrected chi connectivity index (χ0v) is 15.8. The Bertz CT molecular complexity index is 715. The number of amides is 1. The standard InChI is InChI=1S/C20H26F3N3O2/c21-20(22,23)18(26-10-8-24-9-11-26)13-25-19(28)7-6-17(27)16-5-4-14-2-1-3-15(14)12-16/h4-5,12,18,24H,1-3,6-11,13H2,(H,25,28). The number of fused-ring (bicyclic) bond motifs is 1. The third kappa shape index (κ3) is 5.32. The minimum absolute atomic E-state index is 0.00502. The maximum atomic E-state index is 13.3. The highest BCUT2D eigenvalue weighted by Crippen LogP contribution is 2.25. The Morgan fingerprint density at radius 2 is 1.82 bits per heavy atom. The van der Waals surface area contributed by atoms with Crippen molar-refractivity contribution in [2.75, 3.05) is 32.7 Å². The van der Waals surface area contributed by atoms with E-state index in [0.29, 0.717) is 18.7 Å². The van der Waals surface area contributed by atoms with Crippen LogP contribution in [-0.2, 0) is 17.6 Å². The fourth-order valence-electron chi connectivity index (χ4n) is 3.86. The van der Waals surface area contributed by atoms with Crippen LogP contribution in [0.15, 0.2) is 18.2 Å². The van der Waals surface area contributed by atoms with Crippen molar-refractivity contribution < 1.29 is 22.8 Å². The van der Waals surface area contributed by atoms with Gasteiger partial charge in [-0.1, -0.05) is 12.1 Å². The number of carbonyl (C=O) groups excluding carboxylic acids is 2. The van der Waals surface area contributed by atoms with Crippen LogP contribution in [0.4, 0.5) is 13.2 Å². The van der Waals surface area contributed by atoms with Gasteiger partial charge in [-0.05, 0) is 36.5 Å². The van der Waals surface area contributed by atoms with Crippen LogP contribution >= 0.6 is 0 Å². The number of Topliss-reactive ketones (excluding diaryl/α,β-unsaturated/α-hetero) is 1. The lowest BCUT2D eigenvalue weighted by atomic mass is 10.0. The molecule has 28 heavy (non-hydrogen) atoms. The van der Waals surface area contributed by atoms with Gasteiger partial charge in [0.25, 0.3) is 0 Å². The molecule has 1 heterocycles. The number of nitrogens with one attached hydrogen (secondary N) is 2. The number of ketones is 1. The Hall–Kier alpha value is -1.93. The summed E-state index contributed by atoms with van der Waals surface area (Å²) in [5, 5.41) is 5.38. The number of hydrogen-bond donors (Lipinski definition) is 2. The molecule has 1 aromatic carbocycles. The molecule has 5 nitrogen and oxygen atoms in total. The van der Waals surface area contributed by atoms with Crippen molar-refractivity contribution in [3.8, 4) is 0 Å². The molecule has 8 heteroatoms. The molecule has 0 aromatic heterocycles. The topological polar surface area (TPSA) is 61.4 Å². The number of halogens is 3. The summed E-state index contributed by atoms with van der Waals surface area (Å²) in [4.78, 5) is 25.7. The van der Waals surface area contributed by atoms with Gasteiger partial charge in [-0.25, -0.2) is 0 Å². The van der Waals surface area contributed by atoms with Crippen LogP contribution in [0.5, 0.6) is 0 Å². The second kappa shape index (κ2) is 9.05. The van der Waals surface area contributed by atoms with E-state index in [9.17, 15) is 22.8 Å². The van der Waals surface area contributed by atoms with Gasteiger partial charge in [-0.2, -0.15) is 13.2 Å².